The molecule has 8 heteroatoms. The second kappa shape index (κ2) is 10.5. The summed E-state index contributed by atoms with van der Waals surface area (Å²) in [5.74, 6) is 1.04. The van der Waals surface area contributed by atoms with Crippen molar-refractivity contribution in [1.29, 1.82) is 0 Å². The van der Waals surface area contributed by atoms with Crippen molar-refractivity contribution >= 4 is 23.2 Å². The quantitative estimate of drug-likeness (QED) is 0.516. The van der Waals surface area contributed by atoms with Crippen LogP contribution in [0.2, 0.25) is 0 Å². The van der Waals surface area contributed by atoms with Crippen LogP contribution in [0, 0.1) is 0 Å². The SMILES string of the molecule is COCCc1ccc(OCC(=O)Nc2ccccc2C(=O)Nc2ccc3c(c2)OCO3)cc1. The average molecular weight is 448 g/mol. The predicted molar refractivity (Wildman–Crippen MR) is 123 cm³/mol. The molecule has 0 spiro atoms. The highest BCUT2D eigenvalue weighted by molar-refractivity contribution is 6.10. The molecule has 0 radical (unpaired) electrons. The molecule has 0 saturated heterocycles. The van der Waals surface area contributed by atoms with E-state index in [2.05, 4.69) is 10.6 Å². The first-order chi connectivity index (χ1) is 16.1. The van der Waals surface area contributed by atoms with Gasteiger partial charge < -0.3 is 29.6 Å². The smallest absolute Gasteiger partial charge is 0.262 e. The Morgan fingerprint density at radius 2 is 1.73 bits per heavy atom. The molecular weight excluding hydrogens is 424 g/mol. The van der Waals surface area contributed by atoms with Gasteiger partial charge >= 0.3 is 0 Å². The molecular formula is C25H24N2O6. The summed E-state index contributed by atoms with van der Waals surface area (Å²) in [6, 6.07) is 19.4. The Morgan fingerprint density at radius 1 is 0.939 bits per heavy atom. The second-order valence-corrected chi connectivity index (χ2v) is 7.29. The average Bonchev–Trinajstić information content (AvgIpc) is 3.30. The molecule has 170 valence electrons. The molecule has 0 aliphatic carbocycles. The molecule has 8 nitrogen and oxygen atoms in total. The summed E-state index contributed by atoms with van der Waals surface area (Å²) in [6.45, 7) is 0.613. The highest BCUT2D eigenvalue weighted by Crippen LogP contribution is 2.34. The number of hydrogen-bond acceptors (Lipinski definition) is 6. The van der Waals surface area contributed by atoms with E-state index in [-0.39, 0.29) is 25.2 Å². The Hall–Kier alpha value is -4.04. The predicted octanol–water partition coefficient (Wildman–Crippen LogP) is 3.87. The summed E-state index contributed by atoms with van der Waals surface area (Å²) in [7, 11) is 1.66. The highest BCUT2D eigenvalue weighted by atomic mass is 16.7. The number of para-hydroxylation sites is 1. The number of fused-ring (bicyclic) bond motifs is 1. The van der Waals surface area contributed by atoms with E-state index >= 15 is 0 Å². The number of rotatable bonds is 9. The number of amides is 2. The Balaban J connectivity index is 1.35. The minimum Gasteiger partial charge on any atom is -0.484 e. The number of hydrogen-bond donors (Lipinski definition) is 2. The first kappa shape index (κ1) is 22.2. The molecule has 1 aliphatic heterocycles. The van der Waals surface area contributed by atoms with E-state index in [9.17, 15) is 9.59 Å². The maximum atomic E-state index is 12.8. The van der Waals surface area contributed by atoms with Crippen LogP contribution < -0.4 is 24.8 Å². The van der Waals surface area contributed by atoms with Gasteiger partial charge in [-0.2, -0.15) is 0 Å². The Bertz CT molecular complexity index is 1130. The lowest BCUT2D eigenvalue weighted by Crippen LogP contribution is -2.22. The van der Waals surface area contributed by atoms with Gasteiger partial charge in [0.25, 0.3) is 11.8 Å². The van der Waals surface area contributed by atoms with Crippen LogP contribution in [0.5, 0.6) is 17.2 Å². The van der Waals surface area contributed by atoms with Gasteiger partial charge in [0.05, 0.1) is 17.9 Å². The van der Waals surface area contributed by atoms with E-state index in [4.69, 9.17) is 18.9 Å². The summed E-state index contributed by atoms with van der Waals surface area (Å²) in [4.78, 5) is 25.3. The van der Waals surface area contributed by atoms with Crippen molar-refractivity contribution < 1.29 is 28.5 Å². The van der Waals surface area contributed by atoms with E-state index < -0.39 is 0 Å². The van der Waals surface area contributed by atoms with Gasteiger partial charge in [0.1, 0.15) is 5.75 Å². The largest absolute Gasteiger partial charge is 0.484 e. The van der Waals surface area contributed by atoms with Crippen molar-refractivity contribution in [2.75, 3.05) is 37.8 Å². The van der Waals surface area contributed by atoms with Crippen molar-refractivity contribution in [3.05, 3.63) is 77.9 Å². The van der Waals surface area contributed by atoms with Crippen LogP contribution in [0.4, 0.5) is 11.4 Å². The summed E-state index contributed by atoms with van der Waals surface area (Å²) >= 11 is 0. The molecule has 33 heavy (non-hydrogen) atoms. The van der Waals surface area contributed by atoms with Gasteiger partial charge in [0.2, 0.25) is 6.79 Å². The highest BCUT2D eigenvalue weighted by Gasteiger charge is 2.17. The molecule has 1 aliphatic rings. The van der Waals surface area contributed by atoms with Crippen molar-refractivity contribution in [2.45, 2.75) is 6.42 Å². The lowest BCUT2D eigenvalue weighted by molar-refractivity contribution is -0.118. The number of methoxy groups -OCH3 is 1. The maximum Gasteiger partial charge on any atom is 0.262 e. The van der Waals surface area contributed by atoms with E-state index in [0.717, 1.165) is 12.0 Å². The molecule has 0 unspecified atom stereocenters. The fraction of sp³-hybridized carbons (Fsp3) is 0.200. The first-order valence-corrected chi connectivity index (χ1v) is 10.4. The van der Waals surface area contributed by atoms with Gasteiger partial charge in [-0.1, -0.05) is 24.3 Å². The first-order valence-electron chi connectivity index (χ1n) is 10.4. The summed E-state index contributed by atoms with van der Waals surface area (Å²) in [5.41, 5.74) is 2.39. The van der Waals surface area contributed by atoms with Crippen molar-refractivity contribution in [3.8, 4) is 17.2 Å². The number of nitrogens with one attached hydrogen (secondary N) is 2. The van der Waals surface area contributed by atoms with Gasteiger partial charge in [-0.25, -0.2) is 0 Å². The molecule has 3 aromatic carbocycles. The third-order valence-corrected chi connectivity index (χ3v) is 4.96. The monoisotopic (exact) mass is 448 g/mol. The Kier molecular flexibility index (Phi) is 7.06. The fourth-order valence-electron chi connectivity index (χ4n) is 3.27. The number of anilines is 2. The van der Waals surface area contributed by atoms with Gasteiger partial charge in [-0.15, -0.1) is 0 Å². The van der Waals surface area contributed by atoms with E-state index in [0.29, 0.717) is 40.8 Å². The van der Waals surface area contributed by atoms with Crippen LogP contribution in [0.25, 0.3) is 0 Å². The maximum absolute atomic E-state index is 12.8. The molecule has 3 aromatic rings. The molecule has 4 rings (SSSR count). The zero-order valence-corrected chi connectivity index (χ0v) is 18.1. The van der Waals surface area contributed by atoms with Crippen LogP contribution in [0.15, 0.2) is 66.7 Å². The lowest BCUT2D eigenvalue weighted by atomic mass is 10.1. The van der Waals surface area contributed by atoms with Gasteiger partial charge in [0.15, 0.2) is 18.1 Å². The molecule has 0 atom stereocenters. The minimum absolute atomic E-state index is 0.154. The van der Waals surface area contributed by atoms with E-state index in [1.165, 1.54) is 0 Å². The molecule has 1 heterocycles. The number of ether oxygens (including phenoxy) is 4. The van der Waals surface area contributed by atoms with Crippen molar-refractivity contribution in [3.63, 3.8) is 0 Å². The molecule has 2 N–H and O–H groups in total. The molecule has 0 saturated carbocycles. The van der Waals surface area contributed by atoms with Crippen molar-refractivity contribution in [1.82, 2.24) is 0 Å². The normalized spacial score (nSPS) is 11.7. The topological polar surface area (TPSA) is 95.1 Å². The van der Waals surface area contributed by atoms with Crippen LogP contribution >= 0.6 is 0 Å². The van der Waals surface area contributed by atoms with E-state index in [1.54, 1.807) is 49.6 Å². The molecule has 0 fully saturated rings. The van der Waals surface area contributed by atoms with Crippen LogP contribution in [-0.2, 0) is 16.0 Å². The fourth-order valence-corrected chi connectivity index (χ4v) is 3.27. The van der Waals surface area contributed by atoms with Gasteiger partial charge in [0, 0.05) is 18.9 Å². The Labute approximate surface area is 191 Å². The summed E-state index contributed by atoms with van der Waals surface area (Å²) in [6.07, 6.45) is 0.808. The zero-order chi connectivity index (χ0) is 23.0. The number of carbonyl (C=O) groups excluding carboxylic acids is 2. The third kappa shape index (κ3) is 5.81. The lowest BCUT2D eigenvalue weighted by Gasteiger charge is -2.12. The third-order valence-electron chi connectivity index (χ3n) is 4.96. The zero-order valence-electron chi connectivity index (χ0n) is 18.1. The van der Waals surface area contributed by atoms with Crippen LogP contribution in [-0.4, -0.2) is 38.9 Å². The van der Waals surface area contributed by atoms with Gasteiger partial charge in [-0.3, -0.25) is 9.59 Å². The molecule has 0 bridgehead atoms. The van der Waals surface area contributed by atoms with E-state index in [1.807, 2.05) is 24.3 Å². The standard InChI is InChI=1S/C25H24N2O6/c1-30-13-12-17-6-9-19(10-7-17)31-15-24(28)27-21-5-3-2-4-20(21)25(29)26-18-8-11-22-23(14-18)33-16-32-22/h2-11,14H,12-13,15-16H2,1H3,(H,26,29)(H,27,28). The van der Waals surface area contributed by atoms with Crippen molar-refractivity contribution in [2.24, 2.45) is 0 Å². The second-order valence-electron chi connectivity index (χ2n) is 7.29. The molecule has 0 aromatic heterocycles. The van der Waals surface area contributed by atoms with Crippen LogP contribution in [0.1, 0.15) is 15.9 Å². The number of benzene rings is 3. The van der Waals surface area contributed by atoms with Gasteiger partial charge in [-0.05, 0) is 48.4 Å². The summed E-state index contributed by atoms with van der Waals surface area (Å²) in [5, 5.41) is 5.56. The van der Waals surface area contributed by atoms with Crippen LogP contribution in [0.3, 0.4) is 0 Å². The molecule has 2 amide bonds. The summed E-state index contributed by atoms with van der Waals surface area (Å²) < 4.78 is 21.3. The number of carbonyl (C=O) groups is 2. The Morgan fingerprint density at radius 3 is 2.55 bits per heavy atom. The minimum atomic E-state index is -0.373.